The van der Waals surface area contributed by atoms with E-state index in [0.29, 0.717) is 17.0 Å². The van der Waals surface area contributed by atoms with Crippen molar-refractivity contribution in [1.29, 1.82) is 0 Å². The quantitative estimate of drug-likeness (QED) is 0.398. The zero-order valence-corrected chi connectivity index (χ0v) is 17.7. The minimum absolute atomic E-state index is 0.0111. The molecule has 0 aliphatic carbocycles. The number of nitro benzene ring substituents is 1. The molecular weight excluding hydrogens is 426 g/mol. The van der Waals surface area contributed by atoms with E-state index in [2.05, 4.69) is 47.2 Å². The molecule has 1 amide bonds. The van der Waals surface area contributed by atoms with Crippen LogP contribution in [0.4, 0.5) is 5.69 Å². The molecule has 0 saturated carbocycles. The Balaban J connectivity index is 1.96. The molecule has 0 saturated heterocycles. The number of hydrazone groups is 1. The molecule has 0 heterocycles. The Morgan fingerprint density at radius 2 is 1.96 bits per heavy atom. The Hall–Kier alpha value is -2.74. The third-order valence-electron chi connectivity index (χ3n) is 3.98. The van der Waals surface area contributed by atoms with Crippen molar-refractivity contribution in [2.45, 2.75) is 33.1 Å². The van der Waals surface area contributed by atoms with Crippen molar-refractivity contribution >= 4 is 33.2 Å². The fraction of sp³-hybridized carbons (Fsp3) is 0.300. The smallest absolute Gasteiger partial charge is 0.277 e. The van der Waals surface area contributed by atoms with E-state index in [4.69, 9.17) is 4.74 Å². The molecular formula is C20H22BrN3O4. The lowest BCUT2D eigenvalue weighted by Gasteiger charge is -2.20. The summed E-state index contributed by atoms with van der Waals surface area (Å²) >= 11 is 3.46. The van der Waals surface area contributed by atoms with E-state index in [1.54, 1.807) is 19.1 Å². The van der Waals surface area contributed by atoms with Crippen LogP contribution in [0.1, 0.15) is 38.8 Å². The molecule has 2 aromatic carbocycles. The molecule has 2 rings (SSSR count). The van der Waals surface area contributed by atoms with Crippen molar-refractivity contribution in [2.75, 3.05) is 6.61 Å². The fourth-order valence-corrected chi connectivity index (χ4v) is 2.81. The second-order valence-corrected chi connectivity index (χ2v) is 8.08. The van der Waals surface area contributed by atoms with Crippen LogP contribution in [-0.2, 0) is 10.2 Å². The zero-order chi connectivity index (χ0) is 20.9. The summed E-state index contributed by atoms with van der Waals surface area (Å²) in [4.78, 5) is 22.4. The van der Waals surface area contributed by atoms with Crippen molar-refractivity contribution < 1.29 is 14.5 Å². The van der Waals surface area contributed by atoms with Crippen molar-refractivity contribution in [2.24, 2.45) is 5.10 Å². The summed E-state index contributed by atoms with van der Waals surface area (Å²) in [5, 5.41) is 14.8. The predicted molar refractivity (Wildman–Crippen MR) is 112 cm³/mol. The molecule has 0 atom stereocenters. The van der Waals surface area contributed by atoms with Gasteiger partial charge in [-0.1, -0.05) is 39.0 Å². The van der Waals surface area contributed by atoms with E-state index >= 15 is 0 Å². The van der Waals surface area contributed by atoms with Gasteiger partial charge in [0.1, 0.15) is 5.75 Å². The van der Waals surface area contributed by atoms with Crippen molar-refractivity contribution in [3.8, 4) is 5.75 Å². The third-order valence-corrected chi connectivity index (χ3v) is 4.60. The highest BCUT2D eigenvalue weighted by molar-refractivity contribution is 9.10. The number of benzene rings is 2. The summed E-state index contributed by atoms with van der Waals surface area (Å²) in [6.07, 6.45) is 0. The Morgan fingerprint density at radius 3 is 2.57 bits per heavy atom. The second-order valence-electron chi connectivity index (χ2n) is 7.22. The van der Waals surface area contributed by atoms with E-state index in [-0.39, 0.29) is 17.7 Å². The Kier molecular flexibility index (Phi) is 6.90. The van der Waals surface area contributed by atoms with E-state index < -0.39 is 10.8 Å². The molecule has 0 aromatic heterocycles. The van der Waals surface area contributed by atoms with Gasteiger partial charge in [-0.15, -0.1) is 0 Å². The average Bonchev–Trinajstić information content (AvgIpc) is 2.64. The van der Waals surface area contributed by atoms with Crippen LogP contribution in [0.2, 0.25) is 0 Å². The molecule has 0 radical (unpaired) electrons. The van der Waals surface area contributed by atoms with Gasteiger partial charge in [-0.2, -0.15) is 5.10 Å². The van der Waals surface area contributed by atoms with Crippen LogP contribution < -0.4 is 10.2 Å². The van der Waals surface area contributed by atoms with Gasteiger partial charge in [0.2, 0.25) is 0 Å². The first kappa shape index (κ1) is 21.6. The van der Waals surface area contributed by atoms with Gasteiger partial charge in [0, 0.05) is 17.7 Å². The number of nitrogens with zero attached hydrogens (tertiary/aromatic N) is 2. The van der Waals surface area contributed by atoms with E-state index in [9.17, 15) is 14.9 Å². The zero-order valence-electron chi connectivity index (χ0n) is 16.2. The number of amides is 1. The van der Waals surface area contributed by atoms with Gasteiger partial charge < -0.3 is 4.74 Å². The lowest BCUT2D eigenvalue weighted by Crippen LogP contribution is -2.25. The number of nitro groups is 1. The van der Waals surface area contributed by atoms with E-state index in [1.807, 2.05) is 18.2 Å². The summed E-state index contributed by atoms with van der Waals surface area (Å²) in [5.41, 5.74) is 4.52. The molecule has 0 aliphatic heterocycles. The fourth-order valence-electron chi connectivity index (χ4n) is 2.32. The number of rotatable bonds is 6. The van der Waals surface area contributed by atoms with Gasteiger partial charge in [-0.25, -0.2) is 5.43 Å². The SMILES string of the molecule is CC(=NNC(=O)COc1ccc(C(C)(C)C)cc1Br)c1cccc([N+](=O)[O-])c1. The minimum atomic E-state index is -0.480. The normalized spacial score (nSPS) is 11.8. The maximum atomic E-state index is 12.0. The number of carbonyl (C=O) groups is 1. The van der Waals surface area contributed by atoms with Gasteiger partial charge in [-0.05, 0) is 46.0 Å². The summed E-state index contributed by atoms with van der Waals surface area (Å²) in [7, 11) is 0. The number of ether oxygens (including phenoxy) is 1. The maximum absolute atomic E-state index is 12.0. The maximum Gasteiger partial charge on any atom is 0.277 e. The highest BCUT2D eigenvalue weighted by Gasteiger charge is 2.15. The highest BCUT2D eigenvalue weighted by Crippen LogP contribution is 2.31. The van der Waals surface area contributed by atoms with Gasteiger partial charge in [-0.3, -0.25) is 14.9 Å². The minimum Gasteiger partial charge on any atom is -0.483 e. The van der Waals surface area contributed by atoms with Crippen molar-refractivity contribution in [3.63, 3.8) is 0 Å². The van der Waals surface area contributed by atoms with Gasteiger partial charge in [0.05, 0.1) is 15.1 Å². The molecule has 1 N–H and O–H groups in total. The van der Waals surface area contributed by atoms with Crippen LogP contribution in [0.5, 0.6) is 5.75 Å². The topological polar surface area (TPSA) is 93.8 Å². The molecule has 0 bridgehead atoms. The molecule has 8 heteroatoms. The van der Waals surface area contributed by atoms with Crippen LogP contribution in [-0.4, -0.2) is 23.1 Å². The number of carbonyl (C=O) groups excluding carboxylic acids is 1. The largest absolute Gasteiger partial charge is 0.483 e. The monoisotopic (exact) mass is 447 g/mol. The van der Waals surface area contributed by atoms with E-state index in [0.717, 1.165) is 10.0 Å². The summed E-state index contributed by atoms with van der Waals surface area (Å²) in [5.74, 6) is 0.124. The lowest BCUT2D eigenvalue weighted by molar-refractivity contribution is -0.384. The molecule has 0 aliphatic rings. The van der Waals surface area contributed by atoms with Gasteiger partial charge in [0.25, 0.3) is 11.6 Å². The predicted octanol–water partition coefficient (Wildman–Crippen LogP) is 4.57. The lowest BCUT2D eigenvalue weighted by atomic mass is 9.87. The molecule has 2 aromatic rings. The van der Waals surface area contributed by atoms with Crippen molar-refractivity contribution in [3.05, 3.63) is 68.2 Å². The van der Waals surface area contributed by atoms with Crippen LogP contribution >= 0.6 is 15.9 Å². The van der Waals surface area contributed by atoms with Crippen molar-refractivity contribution in [1.82, 2.24) is 5.43 Å². The molecule has 148 valence electrons. The molecule has 28 heavy (non-hydrogen) atoms. The second kappa shape index (κ2) is 8.97. The first-order chi connectivity index (χ1) is 13.1. The van der Waals surface area contributed by atoms with Crippen LogP contribution in [0.3, 0.4) is 0 Å². The molecule has 0 unspecified atom stereocenters. The average molecular weight is 448 g/mol. The van der Waals surface area contributed by atoms with Gasteiger partial charge in [0.15, 0.2) is 6.61 Å². The Morgan fingerprint density at radius 1 is 1.25 bits per heavy atom. The van der Waals surface area contributed by atoms with Crippen LogP contribution in [0.25, 0.3) is 0 Å². The highest BCUT2D eigenvalue weighted by atomic mass is 79.9. The molecule has 0 spiro atoms. The molecule has 0 fully saturated rings. The standard InChI is InChI=1S/C20H22BrN3O4/c1-13(14-6-5-7-16(10-14)24(26)27)22-23-19(25)12-28-18-9-8-15(11-17(18)21)20(2,3)4/h5-11H,12H2,1-4H3,(H,23,25). The Labute approximate surface area is 172 Å². The van der Waals surface area contributed by atoms with Gasteiger partial charge >= 0.3 is 0 Å². The number of hydrogen-bond donors (Lipinski definition) is 1. The molecule has 7 nitrogen and oxygen atoms in total. The first-order valence-corrected chi connectivity index (χ1v) is 9.38. The van der Waals surface area contributed by atoms with E-state index in [1.165, 1.54) is 12.1 Å². The number of nitrogens with one attached hydrogen (secondary N) is 1. The summed E-state index contributed by atoms with van der Waals surface area (Å²) < 4.78 is 6.30. The number of hydrogen-bond acceptors (Lipinski definition) is 5. The summed E-state index contributed by atoms with van der Waals surface area (Å²) in [6.45, 7) is 7.79. The third kappa shape index (κ3) is 5.88. The van der Waals surface area contributed by atoms with Crippen LogP contribution in [0, 0.1) is 10.1 Å². The first-order valence-electron chi connectivity index (χ1n) is 8.58. The van der Waals surface area contributed by atoms with Crippen LogP contribution in [0.15, 0.2) is 52.0 Å². The number of non-ortho nitro benzene ring substituents is 1. The summed E-state index contributed by atoms with van der Waals surface area (Å²) in [6, 6.07) is 11.8. The number of halogens is 1. The Bertz CT molecular complexity index is 920.